The van der Waals surface area contributed by atoms with Crippen LogP contribution in [0.2, 0.25) is 0 Å². The zero-order valence-electron chi connectivity index (χ0n) is 19.7. The second-order valence-corrected chi connectivity index (χ2v) is 9.95. The summed E-state index contributed by atoms with van der Waals surface area (Å²) < 4.78 is 29.8. The molecule has 1 amide bonds. The highest BCUT2D eigenvalue weighted by Crippen LogP contribution is 2.36. The number of carbonyl (C=O) groups is 1. The molecule has 1 fully saturated rings. The molecule has 190 valence electrons. The summed E-state index contributed by atoms with van der Waals surface area (Å²) in [7, 11) is 1.85. The maximum absolute atomic E-state index is 12.9. The summed E-state index contributed by atoms with van der Waals surface area (Å²) in [5.41, 5.74) is 2.30. The number of hydrogen-bond donors (Lipinski definition) is 1. The maximum atomic E-state index is 12.9. The summed E-state index contributed by atoms with van der Waals surface area (Å²) in [4.78, 5) is 27.2. The van der Waals surface area contributed by atoms with Crippen LogP contribution in [0.1, 0.15) is 52.8 Å². The van der Waals surface area contributed by atoms with Crippen molar-refractivity contribution in [2.75, 3.05) is 0 Å². The Bertz CT molecular complexity index is 1560. The van der Waals surface area contributed by atoms with E-state index >= 15 is 0 Å². The third-order valence-corrected chi connectivity index (χ3v) is 7.41. The average Bonchev–Trinajstić information content (AvgIpc) is 3.69. The SMILES string of the molecule is Cn1ccc(-c2nc3cnc(-n4nccn4)cc3n2C2CCCC(NC(=O)c3ncc(C(F)F)s3)C2)n1. The van der Waals surface area contributed by atoms with Crippen molar-refractivity contribution < 1.29 is 13.6 Å². The van der Waals surface area contributed by atoms with E-state index in [0.29, 0.717) is 23.6 Å². The first-order valence-electron chi connectivity index (χ1n) is 11.8. The molecule has 37 heavy (non-hydrogen) atoms. The molecule has 5 aromatic rings. The molecule has 0 aromatic carbocycles. The fourth-order valence-corrected chi connectivity index (χ4v) is 5.46. The number of thiazole rings is 1. The number of aryl methyl sites for hydroxylation is 1. The van der Waals surface area contributed by atoms with E-state index in [1.165, 1.54) is 4.80 Å². The Kier molecular flexibility index (Phi) is 5.94. The number of imidazole rings is 1. The summed E-state index contributed by atoms with van der Waals surface area (Å²) in [6.45, 7) is 0. The predicted molar refractivity (Wildman–Crippen MR) is 130 cm³/mol. The van der Waals surface area contributed by atoms with Gasteiger partial charge in [0.05, 0.1) is 29.0 Å². The molecule has 11 nitrogen and oxygen atoms in total. The van der Waals surface area contributed by atoms with E-state index in [-0.39, 0.29) is 22.0 Å². The minimum Gasteiger partial charge on any atom is -0.347 e. The molecule has 14 heteroatoms. The zero-order valence-corrected chi connectivity index (χ0v) is 20.5. The first-order valence-corrected chi connectivity index (χ1v) is 12.6. The first kappa shape index (κ1) is 23.3. The summed E-state index contributed by atoms with van der Waals surface area (Å²) in [6, 6.07) is 3.67. The lowest BCUT2D eigenvalue weighted by atomic mass is 9.90. The molecule has 1 saturated carbocycles. The Balaban J connectivity index is 1.34. The van der Waals surface area contributed by atoms with Gasteiger partial charge in [0.2, 0.25) is 0 Å². The van der Waals surface area contributed by atoms with Gasteiger partial charge in [0.1, 0.15) is 11.2 Å². The molecule has 2 unspecified atom stereocenters. The molecule has 0 saturated heterocycles. The molecular weight excluding hydrogens is 502 g/mol. The summed E-state index contributed by atoms with van der Waals surface area (Å²) >= 11 is 0.720. The highest BCUT2D eigenvalue weighted by molar-refractivity contribution is 7.13. The summed E-state index contributed by atoms with van der Waals surface area (Å²) in [6.07, 6.45) is 8.32. The number of alkyl halides is 2. The lowest BCUT2D eigenvalue weighted by Crippen LogP contribution is -2.39. The van der Waals surface area contributed by atoms with Crippen molar-refractivity contribution in [3.8, 4) is 17.3 Å². The Labute approximate surface area is 213 Å². The van der Waals surface area contributed by atoms with Crippen molar-refractivity contribution in [3.63, 3.8) is 0 Å². The molecule has 5 heterocycles. The number of halogens is 2. The van der Waals surface area contributed by atoms with E-state index < -0.39 is 12.3 Å². The first-order chi connectivity index (χ1) is 18.0. The molecule has 1 aliphatic carbocycles. The molecule has 6 rings (SSSR count). The third kappa shape index (κ3) is 4.48. The molecule has 0 bridgehead atoms. The standard InChI is InChI=1S/C23H22F2N10OS/c1-33-8-5-15(32-33)21-31-16-11-26-19(35-28-6-7-29-35)10-17(16)34(21)14-4-2-3-13(9-14)30-22(36)23-27-12-18(37-23)20(24)25/h5-8,10-14,20H,2-4,9H2,1H3,(H,30,36). The van der Waals surface area contributed by atoms with Gasteiger partial charge in [-0.3, -0.25) is 9.48 Å². The monoisotopic (exact) mass is 524 g/mol. The number of fused-ring (bicyclic) bond motifs is 1. The third-order valence-electron chi connectivity index (χ3n) is 6.41. The van der Waals surface area contributed by atoms with E-state index in [9.17, 15) is 13.6 Å². The Morgan fingerprint density at radius 3 is 2.76 bits per heavy atom. The van der Waals surface area contributed by atoms with Crippen LogP contribution in [0, 0.1) is 0 Å². The Morgan fingerprint density at radius 1 is 1.19 bits per heavy atom. The number of nitrogens with one attached hydrogen (secondary N) is 1. The van der Waals surface area contributed by atoms with Crippen LogP contribution in [0.3, 0.4) is 0 Å². The second-order valence-electron chi connectivity index (χ2n) is 8.89. The Morgan fingerprint density at radius 2 is 2.03 bits per heavy atom. The minimum absolute atomic E-state index is 0.00908. The molecular formula is C23H22F2N10OS. The van der Waals surface area contributed by atoms with Gasteiger partial charge >= 0.3 is 0 Å². The molecule has 5 aromatic heterocycles. The van der Waals surface area contributed by atoms with Gasteiger partial charge in [-0.2, -0.15) is 15.3 Å². The molecule has 1 N–H and O–H groups in total. The van der Waals surface area contributed by atoms with Gasteiger partial charge in [0, 0.05) is 37.6 Å². The minimum atomic E-state index is -2.64. The van der Waals surface area contributed by atoms with Gasteiger partial charge in [-0.1, -0.05) is 0 Å². The van der Waals surface area contributed by atoms with Crippen molar-refractivity contribution in [3.05, 3.63) is 53.0 Å². The number of amides is 1. The van der Waals surface area contributed by atoms with Gasteiger partial charge in [0.15, 0.2) is 16.6 Å². The topological polar surface area (TPSA) is 121 Å². The number of pyridine rings is 1. The lowest BCUT2D eigenvalue weighted by molar-refractivity contribution is 0.0920. The molecule has 0 spiro atoms. The van der Waals surface area contributed by atoms with E-state index in [0.717, 1.165) is 48.0 Å². The van der Waals surface area contributed by atoms with Crippen LogP contribution in [0.4, 0.5) is 8.78 Å². The van der Waals surface area contributed by atoms with Crippen molar-refractivity contribution in [2.45, 2.75) is 44.2 Å². The molecule has 2 atom stereocenters. The quantitative estimate of drug-likeness (QED) is 0.359. The zero-order chi connectivity index (χ0) is 25.5. The van der Waals surface area contributed by atoms with Gasteiger partial charge in [-0.25, -0.2) is 23.7 Å². The van der Waals surface area contributed by atoms with E-state index in [1.807, 2.05) is 25.4 Å². The van der Waals surface area contributed by atoms with Crippen molar-refractivity contribution in [1.82, 2.24) is 49.6 Å². The number of carbonyl (C=O) groups excluding carboxylic acids is 1. The molecule has 0 aliphatic heterocycles. The fourth-order valence-electron chi connectivity index (χ4n) is 4.79. The highest BCUT2D eigenvalue weighted by Gasteiger charge is 2.30. The van der Waals surface area contributed by atoms with Crippen molar-refractivity contribution in [2.24, 2.45) is 7.05 Å². The van der Waals surface area contributed by atoms with Crippen LogP contribution in [0.15, 0.2) is 43.1 Å². The van der Waals surface area contributed by atoms with Gasteiger partial charge in [-0.15, -0.1) is 16.1 Å². The van der Waals surface area contributed by atoms with Gasteiger partial charge in [0.25, 0.3) is 12.3 Å². The normalized spacial score (nSPS) is 18.1. The van der Waals surface area contributed by atoms with Crippen LogP contribution in [0.25, 0.3) is 28.4 Å². The average molecular weight is 525 g/mol. The largest absolute Gasteiger partial charge is 0.347 e. The number of aromatic nitrogens is 9. The van der Waals surface area contributed by atoms with E-state index in [4.69, 9.17) is 4.98 Å². The van der Waals surface area contributed by atoms with Gasteiger partial charge < -0.3 is 9.88 Å². The van der Waals surface area contributed by atoms with E-state index in [2.05, 4.69) is 35.1 Å². The second kappa shape index (κ2) is 9.42. The summed E-state index contributed by atoms with van der Waals surface area (Å²) in [5, 5.41) is 16.0. The fraction of sp³-hybridized carbons (Fsp3) is 0.348. The predicted octanol–water partition coefficient (Wildman–Crippen LogP) is 3.72. The van der Waals surface area contributed by atoms with Crippen LogP contribution in [0.5, 0.6) is 0 Å². The highest BCUT2D eigenvalue weighted by atomic mass is 32.1. The van der Waals surface area contributed by atoms with Crippen LogP contribution in [-0.2, 0) is 7.05 Å². The number of hydrogen-bond acceptors (Lipinski definition) is 8. The Hall–Kier alpha value is -4.07. The van der Waals surface area contributed by atoms with Crippen molar-refractivity contribution >= 4 is 28.3 Å². The number of rotatable bonds is 6. The molecule has 0 radical (unpaired) electrons. The smallest absolute Gasteiger partial charge is 0.280 e. The summed E-state index contributed by atoms with van der Waals surface area (Å²) in [5.74, 6) is 0.839. The van der Waals surface area contributed by atoms with Crippen LogP contribution in [-0.4, -0.2) is 56.2 Å². The van der Waals surface area contributed by atoms with E-state index in [1.54, 1.807) is 23.3 Å². The number of nitrogens with zero attached hydrogens (tertiary/aromatic N) is 9. The van der Waals surface area contributed by atoms with Crippen LogP contribution < -0.4 is 5.32 Å². The molecule has 1 aliphatic rings. The maximum Gasteiger partial charge on any atom is 0.280 e. The van der Waals surface area contributed by atoms with Crippen molar-refractivity contribution in [1.29, 1.82) is 0 Å². The lowest BCUT2D eigenvalue weighted by Gasteiger charge is -2.31. The van der Waals surface area contributed by atoms with Gasteiger partial charge in [-0.05, 0) is 31.7 Å². The van der Waals surface area contributed by atoms with Crippen LogP contribution >= 0.6 is 11.3 Å².